The summed E-state index contributed by atoms with van der Waals surface area (Å²) < 4.78 is 5.10. The van der Waals surface area contributed by atoms with Gasteiger partial charge >= 0.3 is 5.97 Å². The normalized spacial score (nSPS) is 17.6. The average Bonchev–Trinajstić information content (AvgIpc) is 3.21. The van der Waals surface area contributed by atoms with Gasteiger partial charge in [0.25, 0.3) is 11.7 Å². The van der Waals surface area contributed by atoms with E-state index in [1.165, 1.54) is 4.90 Å². The van der Waals surface area contributed by atoms with Gasteiger partial charge in [0, 0.05) is 17.8 Å². The van der Waals surface area contributed by atoms with Gasteiger partial charge in [0.1, 0.15) is 11.5 Å². The Morgan fingerprint density at radius 2 is 1.79 bits per heavy atom. The zero-order chi connectivity index (χ0) is 25.2. The van der Waals surface area contributed by atoms with E-state index in [-0.39, 0.29) is 23.6 Å². The van der Waals surface area contributed by atoms with E-state index in [4.69, 9.17) is 4.74 Å². The Kier molecular flexibility index (Phi) is 7.61. The van der Waals surface area contributed by atoms with Gasteiger partial charge in [0.05, 0.1) is 18.2 Å². The average molecular weight is 468 g/mol. The molecule has 0 unspecified atom stereocenters. The van der Waals surface area contributed by atoms with Crippen molar-refractivity contribution in [1.29, 1.82) is 0 Å². The van der Waals surface area contributed by atoms with Crippen LogP contribution in [0.3, 0.4) is 0 Å². The molecule has 1 atom stereocenters. The number of aryl methyl sites for hydroxylation is 2. The van der Waals surface area contributed by atoms with E-state index in [1.807, 2.05) is 50.2 Å². The Balaban J connectivity index is 2.15. The molecule has 1 aliphatic rings. The number of H-pyrrole nitrogens is 1. The molecule has 0 aliphatic carbocycles. The van der Waals surface area contributed by atoms with Crippen LogP contribution in [0.15, 0.2) is 29.8 Å². The minimum Gasteiger partial charge on any atom is -0.507 e. The topological polar surface area (TPSA) is 103 Å². The molecule has 2 N–H and O–H groups in total. The molecular formula is C26H33N3O5. The number of ether oxygens (including phenoxy) is 1. The summed E-state index contributed by atoms with van der Waals surface area (Å²) in [5.74, 6) is -2.20. The lowest BCUT2D eigenvalue weighted by molar-refractivity contribution is -0.139. The molecule has 1 amide bonds. The van der Waals surface area contributed by atoms with Crippen LogP contribution in [0.4, 0.5) is 0 Å². The minimum absolute atomic E-state index is 0.0271. The second-order valence-corrected chi connectivity index (χ2v) is 8.91. The summed E-state index contributed by atoms with van der Waals surface area (Å²) in [6, 6.07) is 6.86. The van der Waals surface area contributed by atoms with Crippen molar-refractivity contribution in [3.63, 3.8) is 0 Å². The highest BCUT2D eigenvalue weighted by Crippen LogP contribution is 2.41. The number of likely N-dealkylation sites (tertiary alicyclic amines) is 1. The van der Waals surface area contributed by atoms with E-state index in [1.54, 1.807) is 20.8 Å². The zero-order valence-corrected chi connectivity index (χ0v) is 20.7. The molecule has 1 aromatic carbocycles. The first-order valence-electron chi connectivity index (χ1n) is 11.4. The number of esters is 1. The number of hydrogen-bond donors (Lipinski definition) is 2. The molecule has 8 nitrogen and oxygen atoms in total. The van der Waals surface area contributed by atoms with Gasteiger partial charge in [0.2, 0.25) is 0 Å². The number of aliphatic hydroxyl groups excluding tert-OH is 1. The molecule has 0 bridgehead atoms. The fourth-order valence-electron chi connectivity index (χ4n) is 4.41. The second-order valence-electron chi connectivity index (χ2n) is 8.91. The number of Topliss-reactive ketones (excluding diaryl/α,β-unsaturated/α-hetero) is 1. The van der Waals surface area contributed by atoms with Crippen molar-refractivity contribution in [3.05, 3.63) is 63.5 Å². The van der Waals surface area contributed by atoms with Gasteiger partial charge in [0.15, 0.2) is 0 Å². The van der Waals surface area contributed by atoms with Gasteiger partial charge in [-0.25, -0.2) is 4.79 Å². The van der Waals surface area contributed by atoms with Crippen molar-refractivity contribution in [2.45, 2.75) is 40.2 Å². The highest BCUT2D eigenvalue weighted by Gasteiger charge is 2.46. The first-order valence-corrected chi connectivity index (χ1v) is 11.4. The molecule has 182 valence electrons. The van der Waals surface area contributed by atoms with E-state index in [0.29, 0.717) is 29.8 Å². The highest BCUT2D eigenvalue weighted by atomic mass is 16.5. The van der Waals surface area contributed by atoms with Crippen molar-refractivity contribution >= 4 is 23.4 Å². The van der Waals surface area contributed by atoms with Crippen LogP contribution in [0.2, 0.25) is 0 Å². The number of benzene rings is 1. The molecule has 0 spiro atoms. The molecule has 1 fully saturated rings. The smallest absolute Gasteiger partial charge is 0.355 e. The van der Waals surface area contributed by atoms with Crippen LogP contribution < -0.4 is 0 Å². The number of hydrogen-bond acceptors (Lipinski definition) is 6. The monoisotopic (exact) mass is 467 g/mol. The lowest BCUT2D eigenvalue weighted by Gasteiger charge is -2.26. The number of aromatic nitrogens is 1. The number of aromatic amines is 1. The fraction of sp³-hybridized carbons (Fsp3) is 0.423. The number of carbonyl (C=O) groups excluding carboxylic acids is 3. The number of aliphatic hydroxyl groups is 1. The van der Waals surface area contributed by atoms with Crippen LogP contribution >= 0.6 is 0 Å². The van der Waals surface area contributed by atoms with Crippen molar-refractivity contribution in [3.8, 4) is 0 Å². The third kappa shape index (κ3) is 4.77. The molecule has 0 saturated carbocycles. The first kappa shape index (κ1) is 25.2. The number of nitrogens with one attached hydrogen (secondary N) is 1. The van der Waals surface area contributed by atoms with Crippen LogP contribution in [-0.2, 0) is 14.3 Å². The molecule has 1 saturated heterocycles. The molecular weight excluding hydrogens is 434 g/mol. The SMILES string of the molecule is CCOC(=O)c1[nH]c(C)c(/C(O)=C2\C(=O)C(=O)N(CCCN(C)C)[C@@H]2c2ccc(C)cc2)c1C. The molecule has 8 heteroatoms. The van der Waals surface area contributed by atoms with Crippen molar-refractivity contribution in [2.24, 2.45) is 0 Å². The van der Waals surface area contributed by atoms with Gasteiger partial charge in [-0.3, -0.25) is 9.59 Å². The van der Waals surface area contributed by atoms with Crippen LogP contribution in [0.5, 0.6) is 0 Å². The summed E-state index contributed by atoms with van der Waals surface area (Å²) >= 11 is 0. The van der Waals surface area contributed by atoms with Crippen LogP contribution in [0.1, 0.15) is 57.8 Å². The van der Waals surface area contributed by atoms with E-state index in [0.717, 1.165) is 17.7 Å². The predicted octanol–water partition coefficient (Wildman–Crippen LogP) is 3.49. The fourth-order valence-corrected chi connectivity index (χ4v) is 4.41. The quantitative estimate of drug-likeness (QED) is 0.267. The lowest BCUT2D eigenvalue weighted by atomic mass is 9.93. The van der Waals surface area contributed by atoms with E-state index in [2.05, 4.69) is 4.98 Å². The van der Waals surface area contributed by atoms with Crippen molar-refractivity contribution in [1.82, 2.24) is 14.8 Å². The third-order valence-electron chi connectivity index (χ3n) is 6.09. The van der Waals surface area contributed by atoms with Gasteiger partial charge in [-0.05, 0) is 65.9 Å². The van der Waals surface area contributed by atoms with Crippen molar-refractivity contribution in [2.75, 3.05) is 33.8 Å². The van der Waals surface area contributed by atoms with E-state index >= 15 is 0 Å². The number of rotatable bonds is 8. The summed E-state index contributed by atoms with van der Waals surface area (Å²) in [6.07, 6.45) is 0.678. The molecule has 1 aromatic heterocycles. The van der Waals surface area contributed by atoms with Gasteiger partial charge in [-0.15, -0.1) is 0 Å². The maximum Gasteiger partial charge on any atom is 0.355 e. The molecule has 34 heavy (non-hydrogen) atoms. The van der Waals surface area contributed by atoms with Gasteiger partial charge < -0.3 is 24.6 Å². The summed E-state index contributed by atoms with van der Waals surface area (Å²) in [6.45, 7) is 8.39. The standard InChI is InChI=1S/C26H33N3O5/c1-7-34-26(33)21-16(3)19(17(4)27-21)23(30)20-22(18-11-9-15(2)10-12-18)29(25(32)24(20)31)14-8-13-28(5)6/h9-12,22,27,30H,7-8,13-14H2,1-6H3/b23-20+/t22-/m1/s1. The Morgan fingerprint density at radius 3 is 2.38 bits per heavy atom. The maximum absolute atomic E-state index is 13.2. The largest absolute Gasteiger partial charge is 0.507 e. The van der Waals surface area contributed by atoms with Gasteiger partial charge in [-0.1, -0.05) is 29.8 Å². The Hall–Kier alpha value is -3.39. The van der Waals surface area contributed by atoms with Crippen LogP contribution in [-0.4, -0.2) is 71.3 Å². The van der Waals surface area contributed by atoms with Gasteiger partial charge in [-0.2, -0.15) is 0 Å². The summed E-state index contributed by atoms with van der Waals surface area (Å²) in [7, 11) is 3.90. The minimum atomic E-state index is -0.731. The second kappa shape index (κ2) is 10.3. The number of amides is 1. The maximum atomic E-state index is 13.2. The summed E-state index contributed by atoms with van der Waals surface area (Å²) in [5.41, 5.74) is 3.35. The third-order valence-corrected chi connectivity index (χ3v) is 6.09. The van der Waals surface area contributed by atoms with Crippen LogP contribution in [0, 0.1) is 20.8 Å². The number of carbonyl (C=O) groups is 3. The van der Waals surface area contributed by atoms with E-state index < -0.39 is 23.7 Å². The Labute approximate surface area is 200 Å². The predicted molar refractivity (Wildman–Crippen MR) is 130 cm³/mol. The summed E-state index contributed by atoms with van der Waals surface area (Å²) in [4.78, 5) is 45.2. The highest BCUT2D eigenvalue weighted by molar-refractivity contribution is 6.46. The van der Waals surface area contributed by atoms with E-state index in [9.17, 15) is 19.5 Å². The number of ketones is 1. The lowest BCUT2D eigenvalue weighted by Crippen LogP contribution is -2.32. The summed E-state index contributed by atoms with van der Waals surface area (Å²) in [5, 5.41) is 11.4. The van der Waals surface area contributed by atoms with Crippen molar-refractivity contribution < 1.29 is 24.2 Å². The first-order chi connectivity index (χ1) is 16.1. The number of nitrogens with zero attached hydrogens (tertiary/aromatic N) is 2. The molecule has 2 heterocycles. The Bertz CT molecular complexity index is 1130. The molecule has 2 aromatic rings. The molecule has 3 rings (SSSR count). The zero-order valence-electron chi connectivity index (χ0n) is 20.7. The Morgan fingerprint density at radius 1 is 1.15 bits per heavy atom. The molecule has 0 radical (unpaired) electrons. The van der Waals surface area contributed by atoms with Crippen LogP contribution in [0.25, 0.3) is 5.76 Å². The molecule has 1 aliphatic heterocycles.